The van der Waals surface area contributed by atoms with Gasteiger partial charge in [-0.05, 0) is 12.1 Å². The third kappa shape index (κ3) is 2.58. The first-order chi connectivity index (χ1) is 8.00. The Kier molecular flexibility index (Phi) is 3.35. The zero-order valence-electron chi connectivity index (χ0n) is 8.85. The first-order valence-corrected chi connectivity index (χ1v) is 5.18. The summed E-state index contributed by atoms with van der Waals surface area (Å²) in [7, 11) is 0. The Labute approximate surface area is 95.6 Å². The average Bonchev–Trinajstić information content (AvgIpc) is 2.28. The van der Waals surface area contributed by atoms with E-state index < -0.39 is 29.2 Å². The minimum Gasteiger partial charge on any atom is -0.371 e. The Morgan fingerprint density at radius 1 is 1.29 bits per heavy atom. The molecule has 0 saturated carbocycles. The van der Waals surface area contributed by atoms with Crippen LogP contribution < -0.4 is 5.32 Å². The fourth-order valence-corrected chi connectivity index (χ4v) is 1.86. The van der Waals surface area contributed by atoms with Gasteiger partial charge in [-0.15, -0.1) is 0 Å². The van der Waals surface area contributed by atoms with Gasteiger partial charge in [0.1, 0.15) is 5.82 Å². The van der Waals surface area contributed by atoms with Crippen LogP contribution in [-0.2, 0) is 10.9 Å². The molecule has 1 aliphatic rings. The maximum Gasteiger partial charge on any atom is 0.416 e. The van der Waals surface area contributed by atoms with Gasteiger partial charge in [-0.25, -0.2) is 4.39 Å². The molecule has 2 nitrogen and oxygen atoms in total. The standard InChI is InChI=1S/C11H11F4NO/c12-8-3-1-2-7(11(13,14)15)10(8)9-6-16-4-5-17-9/h1-3,9,16H,4-6H2. The largest absolute Gasteiger partial charge is 0.416 e. The lowest BCUT2D eigenvalue weighted by Gasteiger charge is -2.26. The number of morpholine rings is 1. The predicted molar refractivity (Wildman–Crippen MR) is 53.0 cm³/mol. The van der Waals surface area contributed by atoms with Gasteiger partial charge in [-0.3, -0.25) is 0 Å². The molecule has 0 bridgehead atoms. The Bertz CT molecular complexity index is 399. The van der Waals surface area contributed by atoms with Crippen molar-refractivity contribution in [2.24, 2.45) is 0 Å². The number of benzene rings is 1. The van der Waals surface area contributed by atoms with Gasteiger partial charge < -0.3 is 10.1 Å². The summed E-state index contributed by atoms with van der Waals surface area (Å²) in [5.74, 6) is -0.881. The number of nitrogens with one attached hydrogen (secondary N) is 1. The smallest absolute Gasteiger partial charge is 0.371 e. The highest BCUT2D eigenvalue weighted by Gasteiger charge is 2.37. The summed E-state index contributed by atoms with van der Waals surface area (Å²) in [4.78, 5) is 0. The Hall–Kier alpha value is -1.14. The maximum absolute atomic E-state index is 13.6. The van der Waals surface area contributed by atoms with Crippen molar-refractivity contribution >= 4 is 0 Å². The van der Waals surface area contributed by atoms with E-state index in [9.17, 15) is 17.6 Å². The molecular weight excluding hydrogens is 238 g/mol. The molecule has 1 aromatic rings. The fourth-order valence-electron chi connectivity index (χ4n) is 1.86. The van der Waals surface area contributed by atoms with Crippen LogP contribution in [0.25, 0.3) is 0 Å². The molecule has 17 heavy (non-hydrogen) atoms. The Morgan fingerprint density at radius 3 is 2.65 bits per heavy atom. The van der Waals surface area contributed by atoms with Crippen LogP contribution in [0.4, 0.5) is 17.6 Å². The second-order valence-electron chi connectivity index (χ2n) is 3.76. The first-order valence-electron chi connectivity index (χ1n) is 5.18. The first kappa shape index (κ1) is 12.3. The molecule has 0 radical (unpaired) electrons. The van der Waals surface area contributed by atoms with Crippen molar-refractivity contribution in [3.63, 3.8) is 0 Å². The van der Waals surface area contributed by atoms with E-state index in [-0.39, 0.29) is 13.2 Å². The van der Waals surface area contributed by atoms with Crippen molar-refractivity contribution in [2.45, 2.75) is 12.3 Å². The molecule has 0 amide bonds. The van der Waals surface area contributed by atoms with Crippen LogP contribution in [0.5, 0.6) is 0 Å². The lowest BCUT2D eigenvalue weighted by atomic mass is 10.0. The minimum absolute atomic E-state index is 0.185. The van der Waals surface area contributed by atoms with E-state index >= 15 is 0 Å². The molecule has 1 N–H and O–H groups in total. The van der Waals surface area contributed by atoms with E-state index in [1.165, 1.54) is 0 Å². The molecule has 0 aromatic heterocycles. The van der Waals surface area contributed by atoms with Crippen molar-refractivity contribution in [1.29, 1.82) is 0 Å². The number of hydrogen-bond donors (Lipinski definition) is 1. The van der Waals surface area contributed by atoms with Gasteiger partial charge in [-0.1, -0.05) is 6.07 Å². The van der Waals surface area contributed by atoms with Crippen LogP contribution in [0.2, 0.25) is 0 Å². The molecule has 1 heterocycles. The van der Waals surface area contributed by atoms with Crippen molar-refractivity contribution in [3.8, 4) is 0 Å². The summed E-state index contributed by atoms with van der Waals surface area (Å²) in [5, 5.41) is 2.88. The molecule has 94 valence electrons. The number of rotatable bonds is 1. The zero-order chi connectivity index (χ0) is 12.5. The molecule has 1 atom stereocenters. The van der Waals surface area contributed by atoms with Gasteiger partial charge in [-0.2, -0.15) is 13.2 Å². The van der Waals surface area contributed by atoms with E-state index in [0.29, 0.717) is 6.54 Å². The quantitative estimate of drug-likeness (QED) is 0.772. The number of halogens is 4. The number of hydrogen-bond acceptors (Lipinski definition) is 2. The second kappa shape index (κ2) is 4.62. The summed E-state index contributed by atoms with van der Waals surface area (Å²) in [6.07, 6.45) is -5.46. The van der Waals surface area contributed by atoms with Gasteiger partial charge in [0.15, 0.2) is 0 Å². The summed E-state index contributed by atoms with van der Waals surface area (Å²) in [5.41, 5.74) is -1.38. The van der Waals surface area contributed by atoms with Crippen molar-refractivity contribution < 1.29 is 22.3 Å². The highest BCUT2D eigenvalue weighted by molar-refractivity contribution is 5.33. The molecule has 1 fully saturated rings. The Morgan fingerprint density at radius 2 is 2.06 bits per heavy atom. The van der Waals surface area contributed by atoms with Gasteiger partial charge >= 0.3 is 6.18 Å². The van der Waals surface area contributed by atoms with E-state index in [2.05, 4.69) is 5.32 Å². The van der Waals surface area contributed by atoms with Gasteiger partial charge in [0.05, 0.1) is 18.3 Å². The van der Waals surface area contributed by atoms with E-state index in [1.54, 1.807) is 0 Å². The molecule has 6 heteroatoms. The van der Waals surface area contributed by atoms with Crippen molar-refractivity contribution in [1.82, 2.24) is 5.32 Å². The van der Waals surface area contributed by atoms with Crippen LogP contribution in [0.1, 0.15) is 17.2 Å². The average molecular weight is 249 g/mol. The second-order valence-corrected chi connectivity index (χ2v) is 3.76. The molecule has 1 saturated heterocycles. The minimum atomic E-state index is -4.57. The lowest BCUT2D eigenvalue weighted by molar-refractivity contribution is -0.140. The van der Waals surface area contributed by atoms with Crippen molar-refractivity contribution in [3.05, 3.63) is 35.1 Å². The summed E-state index contributed by atoms with van der Waals surface area (Å²) in [6, 6.07) is 2.94. The SMILES string of the molecule is Fc1cccc(C(F)(F)F)c1C1CNCCO1. The van der Waals surface area contributed by atoms with Gasteiger partial charge in [0, 0.05) is 18.7 Å². The highest BCUT2D eigenvalue weighted by atomic mass is 19.4. The molecule has 0 aliphatic carbocycles. The normalized spacial score (nSPS) is 21.5. The highest BCUT2D eigenvalue weighted by Crippen LogP contribution is 2.37. The Balaban J connectivity index is 2.43. The van der Waals surface area contributed by atoms with E-state index in [1.807, 2.05) is 0 Å². The van der Waals surface area contributed by atoms with Crippen LogP contribution in [0.3, 0.4) is 0 Å². The lowest BCUT2D eigenvalue weighted by Crippen LogP contribution is -2.34. The molecule has 0 spiro atoms. The van der Waals surface area contributed by atoms with E-state index in [4.69, 9.17) is 4.74 Å². The van der Waals surface area contributed by atoms with Crippen LogP contribution in [0, 0.1) is 5.82 Å². The third-order valence-electron chi connectivity index (χ3n) is 2.61. The maximum atomic E-state index is 13.6. The third-order valence-corrected chi connectivity index (χ3v) is 2.61. The molecule has 2 rings (SSSR count). The topological polar surface area (TPSA) is 21.3 Å². The fraction of sp³-hybridized carbons (Fsp3) is 0.455. The summed E-state index contributed by atoms with van der Waals surface area (Å²) in [6.45, 7) is 1.02. The monoisotopic (exact) mass is 249 g/mol. The summed E-state index contributed by atoms with van der Waals surface area (Å²) >= 11 is 0. The molecule has 1 aliphatic heterocycles. The van der Waals surface area contributed by atoms with Gasteiger partial charge in [0.25, 0.3) is 0 Å². The predicted octanol–water partition coefficient (Wildman–Crippen LogP) is 2.51. The van der Waals surface area contributed by atoms with E-state index in [0.717, 1.165) is 18.2 Å². The molecule has 1 unspecified atom stereocenters. The van der Waals surface area contributed by atoms with Gasteiger partial charge in [0.2, 0.25) is 0 Å². The summed E-state index contributed by atoms with van der Waals surface area (Å²) < 4.78 is 57.0. The van der Waals surface area contributed by atoms with Crippen LogP contribution >= 0.6 is 0 Å². The van der Waals surface area contributed by atoms with Crippen LogP contribution in [0.15, 0.2) is 18.2 Å². The van der Waals surface area contributed by atoms with Crippen LogP contribution in [-0.4, -0.2) is 19.7 Å². The zero-order valence-corrected chi connectivity index (χ0v) is 8.85. The number of ether oxygens (including phenoxy) is 1. The molecular formula is C11H11F4NO. The number of alkyl halides is 3. The molecule has 1 aromatic carbocycles. The van der Waals surface area contributed by atoms with Crippen molar-refractivity contribution in [2.75, 3.05) is 19.7 Å².